The molecule has 1 fully saturated rings. The zero-order chi connectivity index (χ0) is 24.4. The second kappa shape index (κ2) is 9.90. The number of ether oxygens (including phenoxy) is 1. The van der Waals surface area contributed by atoms with Crippen molar-refractivity contribution in [3.8, 4) is 5.75 Å². The molecule has 1 aliphatic rings. The lowest BCUT2D eigenvalue weighted by Crippen LogP contribution is -2.27. The van der Waals surface area contributed by atoms with Gasteiger partial charge in [0.15, 0.2) is 0 Å². The molecule has 0 bridgehead atoms. The second-order valence-electron chi connectivity index (χ2n) is 9.58. The van der Waals surface area contributed by atoms with Crippen LogP contribution in [-0.2, 0) is 17.9 Å². The number of hydrogen-bond donors (Lipinski definition) is 1. The Kier molecular flexibility index (Phi) is 6.53. The van der Waals surface area contributed by atoms with E-state index in [1.165, 1.54) is 11.1 Å². The molecule has 0 saturated heterocycles. The van der Waals surface area contributed by atoms with Crippen molar-refractivity contribution in [3.63, 3.8) is 0 Å². The molecule has 0 amide bonds. The van der Waals surface area contributed by atoms with Gasteiger partial charge in [0.25, 0.3) is 0 Å². The smallest absolute Gasteiger partial charge is 0.307 e. The number of rotatable bonds is 7. The molecular weight excluding hydrogens is 438 g/mol. The molecule has 1 saturated carbocycles. The van der Waals surface area contributed by atoms with E-state index in [-0.39, 0.29) is 5.92 Å². The summed E-state index contributed by atoms with van der Waals surface area (Å²) in [6, 6.07) is 18.3. The molecule has 0 aliphatic heterocycles. The summed E-state index contributed by atoms with van der Waals surface area (Å²) >= 11 is 0. The minimum atomic E-state index is -0.723. The van der Waals surface area contributed by atoms with Crippen LogP contribution in [0.2, 0.25) is 0 Å². The Morgan fingerprint density at radius 3 is 2.69 bits per heavy atom. The van der Waals surface area contributed by atoms with E-state index in [0.717, 1.165) is 53.1 Å². The van der Waals surface area contributed by atoms with Gasteiger partial charge in [0.05, 0.1) is 22.6 Å². The first-order valence-corrected chi connectivity index (χ1v) is 12.3. The number of fused-ring (bicyclic) bond motifs is 1. The highest BCUT2D eigenvalue weighted by Gasteiger charge is 2.35. The van der Waals surface area contributed by atoms with Crippen molar-refractivity contribution in [2.24, 2.45) is 5.92 Å². The molecule has 0 radical (unpaired) electrons. The largest absolute Gasteiger partial charge is 0.487 e. The van der Waals surface area contributed by atoms with Crippen LogP contribution >= 0.6 is 0 Å². The monoisotopic (exact) mass is 469 g/mol. The van der Waals surface area contributed by atoms with Gasteiger partial charge in [-0.25, -0.2) is 4.98 Å². The molecule has 35 heavy (non-hydrogen) atoms. The van der Waals surface area contributed by atoms with E-state index in [1.807, 2.05) is 55.6 Å². The van der Waals surface area contributed by atoms with Gasteiger partial charge in [-0.2, -0.15) is 0 Å². The Morgan fingerprint density at radius 2 is 1.91 bits per heavy atom. The number of aromatic nitrogens is 3. The summed E-state index contributed by atoms with van der Waals surface area (Å²) in [6.45, 7) is 5.15. The maximum atomic E-state index is 12.1. The van der Waals surface area contributed by atoms with Crippen molar-refractivity contribution < 1.29 is 14.6 Å². The molecule has 6 heteroatoms. The van der Waals surface area contributed by atoms with Crippen molar-refractivity contribution in [1.82, 2.24) is 14.5 Å². The minimum Gasteiger partial charge on any atom is -0.487 e. The Balaban J connectivity index is 1.54. The summed E-state index contributed by atoms with van der Waals surface area (Å²) in [5.74, 6) is 0.389. The van der Waals surface area contributed by atoms with E-state index in [4.69, 9.17) is 9.72 Å². The number of carboxylic acid groups (broad SMARTS) is 1. The summed E-state index contributed by atoms with van der Waals surface area (Å²) in [4.78, 5) is 21.5. The highest BCUT2D eigenvalue weighted by Crippen LogP contribution is 2.39. The van der Waals surface area contributed by atoms with Gasteiger partial charge < -0.3 is 14.4 Å². The molecule has 2 aromatic carbocycles. The van der Waals surface area contributed by atoms with Crippen molar-refractivity contribution in [1.29, 1.82) is 0 Å². The molecule has 2 heterocycles. The molecule has 0 spiro atoms. The van der Waals surface area contributed by atoms with Crippen LogP contribution < -0.4 is 4.74 Å². The average Bonchev–Trinajstić information content (AvgIpc) is 3.22. The minimum absolute atomic E-state index is 0.0983. The number of imidazole rings is 1. The zero-order valence-electron chi connectivity index (χ0n) is 20.3. The Hall–Kier alpha value is -3.67. The summed E-state index contributed by atoms with van der Waals surface area (Å²) in [5, 5.41) is 9.95. The molecule has 5 rings (SSSR count). The van der Waals surface area contributed by atoms with Gasteiger partial charge in [-0.1, -0.05) is 43.2 Å². The topological polar surface area (TPSA) is 77.2 Å². The van der Waals surface area contributed by atoms with E-state index in [0.29, 0.717) is 19.6 Å². The van der Waals surface area contributed by atoms with Crippen LogP contribution in [0.25, 0.3) is 11.0 Å². The van der Waals surface area contributed by atoms with Crippen molar-refractivity contribution in [2.75, 3.05) is 0 Å². The van der Waals surface area contributed by atoms with Gasteiger partial charge in [0.2, 0.25) is 0 Å². The van der Waals surface area contributed by atoms with Gasteiger partial charge in [-0.05, 0) is 61.6 Å². The first-order valence-electron chi connectivity index (χ1n) is 12.3. The van der Waals surface area contributed by atoms with E-state index in [2.05, 4.69) is 28.6 Å². The van der Waals surface area contributed by atoms with E-state index in [1.54, 1.807) is 0 Å². The SMILES string of the molecule is Cc1ccc(COc2ccc3nc([C@@H]4CCCC[C@H]4C(=O)O)n(Cc4ccccc4C)c3c2)nc1. The fourth-order valence-corrected chi connectivity index (χ4v) is 5.09. The van der Waals surface area contributed by atoms with Crippen molar-refractivity contribution in [2.45, 2.75) is 58.6 Å². The second-order valence-corrected chi connectivity index (χ2v) is 9.58. The number of carboxylic acids is 1. The maximum absolute atomic E-state index is 12.1. The quantitative estimate of drug-likeness (QED) is 0.357. The lowest BCUT2D eigenvalue weighted by atomic mass is 9.78. The molecule has 6 nitrogen and oxygen atoms in total. The Morgan fingerprint density at radius 1 is 1.09 bits per heavy atom. The summed E-state index contributed by atoms with van der Waals surface area (Å²) in [7, 11) is 0. The van der Waals surface area contributed by atoms with E-state index < -0.39 is 11.9 Å². The number of hydrogen-bond acceptors (Lipinski definition) is 4. The van der Waals surface area contributed by atoms with Crippen LogP contribution in [0.15, 0.2) is 60.8 Å². The molecule has 1 aliphatic carbocycles. The summed E-state index contributed by atoms with van der Waals surface area (Å²) < 4.78 is 8.29. The molecular formula is C29H31N3O3. The fraction of sp³-hybridized carbons (Fsp3) is 0.345. The third-order valence-electron chi connectivity index (χ3n) is 7.11. The van der Waals surface area contributed by atoms with Gasteiger partial charge in [0, 0.05) is 24.7 Å². The van der Waals surface area contributed by atoms with Gasteiger partial charge >= 0.3 is 5.97 Å². The number of carbonyl (C=O) groups is 1. The molecule has 0 unspecified atom stereocenters. The third kappa shape index (κ3) is 4.92. The first-order chi connectivity index (χ1) is 17.0. The van der Waals surface area contributed by atoms with Crippen LogP contribution in [-0.4, -0.2) is 25.6 Å². The highest BCUT2D eigenvalue weighted by atomic mass is 16.5. The van der Waals surface area contributed by atoms with Crippen molar-refractivity contribution >= 4 is 17.0 Å². The number of benzene rings is 2. The Labute approximate surface area is 205 Å². The number of aliphatic carboxylic acids is 1. The maximum Gasteiger partial charge on any atom is 0.307 e. The first kappa shape index (κ1) is 23.1. The molecule has 2 aromatic heterocycles. The normalized spacial score (nSPS) is 18.0. The van der Waals surface area contributed by atoms with Crippen LogP contribution in [0.5, 0.6) is 5.75 Å². The lowest BCUT2D eigenvalue weighted by molar-refractivity contribution is -0.143. The van der Waals surface area contributed by atoms with Crippen LogP contribution in [0.3, 0.4) is 0 Å². The summed E-state index contributed by atoms with van der Waals surface area (Å²) in [6.07, 6.45) is 5.37. The van der Waals surface area contributed by atoms with Crippen LogP contribution in [0.1, 0.15) is 59.8 Å². The molecule has 180 valence electrons. The average molecular weight is 470 g/mol. The predicted molar refractivity (Wildman–Crippen MR) is 136 cm³/mol. The number of aryl methyl sites for hydroxylation is 2. The standard InChI is InChI=1S/C29H31N3O3/c1-19-11-12-22(30-16-19)18-35-23-13-14-26-27(15-23)32(17-21-8-4-3-7-20(21)2)28(31-26)24-9-5-6-10-25(24)29(33)34/h3-4,7-8,11-16,24-25H,5-6,9-10,17-18H2,1-2H3,(H,33,34)/t24-,25-/m1/s1. The van der Waals surface area contributed by atoms with Crippen molar-refractivity contribution in [3.05, 3.63) is 89.0 Å². The van der Waals surface area contributed by atoms with Gasteiger partial charge in [-0.3, -0.25) is 9.78 Å². The molecule has 1 N–H and O–H groups in total. The summed E-state index contributed by atoms with van der Waals surface area (Å²) in [5.41, 5.74) is 6.22. The zero-order valence-corrected chi connectivity index (χ0v) is 20.3. The van der Waals surface area contributed by atoms with Gasteiger partial charge in [-0.15, -0.1) is 0 Å². The third-order valence-corrected chi connectivity index (χ3v) is 7.11. The van der Waals surface area contributed by atoms with E-state index >= 15 is 0 Å². The number of pyridine rings is 1. The number of nitrogens with zero attached hydrogens (tertiary/aromatic N) is 3. The van der Waals surface area contributed by atoms with Crippen LogP contribution in [0.4, 0.5) is 0 Å². The van der Waals surface area contributed by atoms with Gasteiger partial charge in [0.1, 0.15) is 18.2 Å². The van der Waals surface area contributed by atoms with Crippen LogP contribution in [0, 0.1) is 19.8 Å². The molecule has 2 atom stereocenters. The molecule has 4 aromatic rings. The van der Waals surface area contributed by atoms with E-state index in [9.17, 15) is 9.90 Å². The fourth-order valence-electron chi connectivity index (χ4n) is 5.09. The Bertz CT molecular complexity index is 1340. The highest BCUT2D eigenvalue weighted by molar-refractivity contribution is 5.79. The lowest BCUT2D eigenvalue weighted by Gasteiger charge is -2.28. The predicted octanol–water partition coefficient (Wildman–Crippen LogP) is 6.03.